The lowest BCUT2D eigenvalue weighted by atomic mass is 9.78. The molecule has 35 heavy (non-hydrogen) atoms. The topological polar surface area (TPSA) is 12.9 Å². The summed E-state index contributed by atoms with van der Waals surface area (Å²) in [6, 6.07) is 13.7. The number of benzene rings is 1. The summed E-state index contributed by atoms with van der Waals surface area (Å²) in [4.78, 5) is 4.81. The number of hydrogen-bond acceptors (Lipinski definition) is 1. The summed E-state index contributed by atoms with van der Waals surface area (Å²) < 4.78 is 0. The van der Waals surface area contributed by atoms with Gasteiger partial charge >= 0.3 is 0 Å². The largest absolute Gasteiger partial charge is 0.256 e. The monoisotopic (exact) mass is 475 g/mol. The minimum atomic E-state index is 0.935. The number of unbranched alkanes of at least 4 members (excludes halogenated alkanes) is 9. The SMILES string of the molecule is CCCCCCCCc1ccc(-c2ccc(CC[C@H]3CC[C@H](CCCCCCC)CC3)cn2)cc1. The van der Waals surface area contributed by atoms with Crippen LogP contribution in [0.4, 0.5) is 0 Å². The van der Waals surface area contributed by atoms with Gasteiger partial charge in [-0.1, -0.05) is 140 Å². The first-order valence-corrected chi connectivity index (χ1v) is 15.3. The molecule has 0 spiro atoms. The molecule has 0 aliphatic heterocycles. The number of pyridine rings is 1. The highest BCUT2D eigenvalue weighted by atomic mass is 14.7. The van der Waals surface area contributed by atoms with Gasteiger partial charge in [0.2, 0.25) is 0 Å². The molecule has 194 valence electrons. The molecule has 0 unspecified atom stereocenters. The predicted molar refractivity (Wildman–Crippen MR) is 154 cm³/mol. The molecule has 3 rings (SSSR count). The lowest BCUT2D eigenvalue weighted by Gasteiger charge is -2.28. The Balaban J connectivity index is 1.32. The van der Waals surface area contributed by atoms with Gasteiger partial charge in [0.15, 0.2) is 0 Å². The highest BCUT2D eigenvalue weighted by Crippen LogP contribution is 2.34. The fourth-order valence-electron chi connectivity index (χ4n) is 5.91. The van der Waals surface area contributed by atoms with Crippen LogP contribution in [0.5, 0.6) is 0 Å². The van der Waals surface area contributed by atoms with E-state index in [1.54, 1.807) is 0 Å². The van der Waals surface area contributed by atoms with E-state index in [-0.39, 0.29) is 0 Å². The van der Waals surface area contributed by atoms with Gasteiger partial charge in [0, 0.05) is 11.8 Å². The summed E-state index contributed by atoms with van der Waals surface area (Å²) in [5.74, 6) is 1.95. The maximum Gasteiger partial charge on any atom is 0.0702 e. The third-order valence-corrected chi connectivity index (χ3v) is 8.42. The van der Waals surface area contributed by atoms with E-state index < -0.39 is 0 Å². The van der Waals surface area contributed by atoms with Crippen molar-refractivity contribution < 1.29 is 0 Å². The van der Waals surface area contributed by atoms with Crippen LogP contribution in [0.1, 0.15) is 134 Å². The van der Waals surface area contributed by atoms with Crippen LogP contribution in [0, 0.1) is 11.8 Å². The Morgan fingerprint density at radius 2 is 1.14 bits per heavy atom. The molecular formula is C34H53N. The highest BCUT2D eigenvalue weighted by Gasteiger charge is 2.20. The summed E-state index contributed by atoms with van der Waals surface area (Å²) in [7, 11) is 0. The fraction of sp³-hybridized carbons (Fsp3) is 0.676. The van der Waals surface area contributed by atoms with Crippen molar-refractivity contribution in [2.24, 2.45) is 11.8 Å². The molecule has 2 aromatic rings. The molecule has 1 heteroatoms. The molecule has 0 amide bonds. The first-order chi connectivity index (χ1) is 17.3. The first kappa shape index (κ1) is 27.9. The van der Waals surface area contributed by atoms with Crippen LogP contribution in [0.2, 0.25) is 0 Å². The van der Waals surface area contributed by atoms with E-state index in [4.69, 9.17) is 4.98 Å². The second-order valence-corrected chi connectivity index (χ2v) is 11.4. The van der Waals surface area contributed by atoms with Crippen molar-refractivity contribution in [3.63, 3.8) is 0 Å². The van der Waals surface area contributed by atoms with E-state index in [1.807, 2.05) is 0 Å². The quantitative estimate of drug-likeness (QED) is 0.207. The molecular weight excluding hydrogens is 422 g/mol. The van der Waals surface area contributed by atoms with Crippen LogP contribution in [0.15, 0.2) is 42.6 Å². The maximum absolute atomic E-state index is 4.81. The van der Waals surface area contributed by atoms with E-state index >= 15 is 0 Å². The van der Waals surface area contributed by atoms with E-state index in [0.717, 1.165) is 17.5 Å². The average Bonchev–Trinajstić information content (AvgIpc) is 2.91. The lowest BCUT2D eigenvalue weighted by molar-refractivity contribution is 0.248. The Bertz CT molecular complexity index is 767. The summed E-state index contributed by atoms with van der Waals surface area (Å²) in [5.41, 5.74) is 5.23. The van der Waals surface area contributed by atoms with E-state index in [1.165, 1.54) is 139 Å². The van der Waals surface area contributed by atoms with E-state index in [9.17, 15) is 0 Å². The summed E-state index contributed by atoms with van der Waals surface area (Å²) in [6.07, 6.45) is 28.6. The third kappa shape index (κ3) is 10.9. The van der Waals surface area contributed by atoms with Crippen molar-refractivity contribution in [1.82, 2.24) is 4.98 Å². The smallest absolute Gasteiger partial charge is 0.0702 e. The van der Waals surface area contributed by atoms with Gasteiger partial charge in [-0.2, -0.15) is 0 Å². The normalized spacial score (nSPS) is 18.1. The minimum absolute atomic E-state index is 0.935. The minimum Gasteiger partial charge on any atom is -0.256 e. The van der Waals surface area contributed by atoms with Crippen molar-refractivity contribution >= 4 is 0 Å². The molecule has 1 aliphatic rings. The third-order valence-electron chi connectivity index (χ3n) is 8.42. The van der Waals surface area contributed by atoms with Crippen molar-refractivity contribution in [3.8, 4) is 11.3 Å². The Labute approximate surface area is 217 Å². The Hall–Kier alpha value is -1.63. The van der Waals surface area contributed by atoms with Gasteiger partial charge in [0.1, 0.15) is 0 Å². The molecule has 1 aromatic carbocycles. The van der Waals surface area contributed by atoms with Gasteiger partial charge in [-0.15, -0.1) is 0 Å². The Kier molecular flexibility index (Phi) is 13.5. The number of hydrogen-bond donors (Lipinski definition) is 0. The summed E-state index contributed by atoms with van der Waals surface area (Å²) >= 11 is 0. The maximum atomic E-state index is 4.81. The van der Waals surface area contributed by atoms with Gasteiger partial charge in [-0.05, 0) is 54.7 Å². The van der Waals surface area contributed by atoms with Gasteiger partial charge in [0.25, 0.3) is 0 Å². The fourth-order valence-corrected chi connectivity index (χ4v) is 5.91. The molecule has 0 atom stereocenters. The Morgan fingerprint density at radius 1 is 0.571 bits per heavy atom. The zero-order valence-electron chi connectivity index (χ0n) is 23.1. The van der Waals surface area contributed by atoms with Crippen LogP contribution in [0.25, 0.3) is 11.3 Å². The highest BCUT2D eigenvalue weighted by molar-refractivity contribution is 5.59. The molecule has 0 radical (unpaired) electrons. The lowest BCUT2D eigenvalue weighted by Crippen LogP contribution is -2.15. The van der Waals surface area contributed by atoms with Crippen LogP contribution >= 0.6 is 0 Å². The van der Waals surface area contributed by atoms with Crippen molar-refractivity contribution in [2.45, 2.75) is 136 Å². The molecule has 1 heterocycles. The zero-order chi connectivity index (χ0) is 24.6. The van der Waals surface area contributed by atoms with Gasteiger partial charge in [0.05, 0.1) is 5.69 Å². The van der Waals surface area contributed by atoms with Gasteiger partial charge < -0.3 is 0 Å². The molecule has 1 fully saturated rings. The molecule has 1 aliphatic carbocycles. The second-order valence-electron chi connectivity index (χ2n) is 11.4. The van der Waals surface area contributed by atoms with Crippen molar-refractivity contribution in [2.75, 3.05) is 0 Å². The first-order valence-electron chi connectivity index (χ1n) is 15.3. The van der Waals surface area contributed by atoms with Gasteiger partial charge in [-0.3, -0.25) is 4.98 Å². The van der Waals surface area contributed by atoms with Crippen molar-refractivity contribution in [1.29, 1.82) is 0 Å². The predicted octanol–water partition coefficient (Wildman–Crippen LogP) is 10.8. The number of rotatable bonds is 17. The molecule has 0 N–H and O–H groups in total. The summed E-state index contributed by atoms with van der Waals surface area (Å²) in [6.45, 7) is 4.59. The van der Waals surface area contributed by atoms with Crippen LogP contribution in [-0.4, -0.2) is 4.98 Å². The van der Waals surface area contributed by atoms with Crippen LogP contribution in [-0.2, 0) is 12.8 Å². The molecule has 1 nitrogen and oxygen atoms in total. The van der Waals surface area contributed by atoms with E-state index in [2.05, 4.69) is 56.4 Å². The van der Waals surface area contributed by atoms with E-state index in [0.29, 0.717) is 0 Å². The second kappa shape index (κ2) is 16.9. The zero-order valence-corrected chi connectivity index (χ0v) is 23.1. The number of aryl methyl sites for hydroxylation is 2. The van der Waals surface area contributed by atoms with Gasteiger partial charge in [-0.25, -0.2) is 0 Å². The molecule has 1 saturated carbocycles. The standard InChI is InChI=1S/C34H53N/c1-3-5-7-9-11-13-15-30-22-25-33(26-23-30)34-27-24-32(28-35-34)21-20-31-18-16-29(17-19-31)14-12-10-8-6-4-2/h22-29,31H,3-21H2,1-2H3/t29-,31-. The van der Waals surface area contributed by atoms with Crippen LogP contribution in [0.3, 0.4) is 0 Å². The average molecular weight is 476 g/mol. The molecule has 0 saturated heterocycles. The number of aromatic nitrogens is 1. The number of nitrogens with zero attached hydrogens (tertiary/aromatic N) is 1. The molecule has 0 bridgehead atoms. The van der Waals surface area contributed by atoms with Crippen LogP contribution < -0.4 is 0 Å². The van der Waals surface area contributed by atoms with Crippen molar-refractivity contribution in [3.05, 3.63) is 53.7 Å². The summed E-state index contributed by atoms with van der Waals surface area (Å²) in [5, 5.41) is 0. The Morgan fingerprint density at radius 3 is 1.77 bits per heavy atom. The molecule has 1 aromatic heterocycles.